The Labute approximate surface area is 301 Å². The van der Waals surface area contributed by atoms with Crippen LogP contribution in [-0.4, -0.2) is 89.0 Å². The first kappa shape index (κ1) is 39.1. The van der Waals surface area contributed by atoms with Crippen molar-refractivity contribution in [1.29, 1.82) is 0 Å². The maximum absolute atomic E-state index is 14.5. The monoisotopic (exact) mass is 802 g/mol. The van der Waals surface area contributed by atoms with Gasteiger partial charge in [0.2, 0.25) is 0 Å². The molecule has 1 aliphatic heterocycles. The summed E-state index contributed by atoms with van der Waals surface area (Å²) in [7, 11) is -0.00653. The van der Waals surface area contributed by atoms with E-state index in [1.807, 2.05) is 27.7 Å². The summed E-state index contributed by atoms with van der Waals surface area (Å²) in [6, 6.07) is -1.93. The first-order valence-corrected chi connectivity index (χ1v) is 22.1. The summed E-state index contributed by atoms with van der Waals surface area (Å²) in [5.41, 5.74) is -1.09. The van der Waals surface area contributed by atoms with E-state index in [2.05, 4.69) is 68.2 Å². The number of fused-ring (bicyclic) bond motifs is 1. The third-order valence-corrected chi connectivity index (χ3v) is 16.4. The van der Waals surface area contributed by atoms with Crippen LogP contribution in [0.2, 0.25) is 0 Å². The van der Waals surface area contributed by atoms with E-state index in [4.69, 9.17) is 0 Å². The average molecular weight is 803 g/mol. The Balaban J connectivity index is 1.53. The van der Waals surface area contributed by atoms with Gasteiger partial charge in [-0.2, -0.15) is 10.5 Å². The fraction of sp³-hybridized carbons (Fsp3) is 0.833. The van der Waals surface area contributed by atoms with Crippen molar-refractivity contribution in [3.8, 4) is 0 Å². The van der Waals surface area contributed by atoms with Crippen molar-refractivity contribution in [1.82, 2.24) is 26.2 Å². The van der Waals surface area contributed by atoms with Crippen LogP contribution < -0.4 is 42.5 Å². The van der Waals surface area contributed by atoms with Crippen LogP contribution in [0.15, 0.2) is 0 Å². The second kappa shape index (κ2) is 14.9. The molecule has 4 N–H and O–H groups in total. The van der Waals surface area contributed by atoms with E-state index in [0.717, 1.165) is 55.1 Å². The Morgan fingerprint density at radius 1 is 0.979 bits per heavy atom. The molecule has 4 aliphatic rings. The molecule has 0 spiro atoms. The van der Waals surface area contributed by atoms with Crippen LogP contribution in [0.25, 0.3) is 0 Å². The molecular weight excluding hydrogens is 741 g/mol. The summed E-state index contributed by atoms with van der Waals surface area (Å²) in [6.45, 7) is 21.3. The van der Waals surface area contributed by atoms with E-state index in [0.29, 0.717) is 6.54 Å². The Morgan fingerprint density at radius 2 is 1.60 bits per heavy atom. The Morgan fingerprint density at radius 3 is 2.12 bits per heavy atom. The minimum absolute atomic E-state index is 0.00653. The number of nitrogens with zero attached hydrogens (tertiary/aromatic N) is 1. The number of likely N-dealkylation sites (tertiary alicyclic amines) is 1. The van der Waals surface area contributed by atoms with E-state index in [-0.39, 0.29) is 61.9 Å². The zero-order valence-corrected chi connectivity index (χ0v) is 33.9. The number of ketones is 1. The van der Waals surface area contributed by atoms with Crippen LogP contribution in [0.4, 0.5) is 4.79 Å². The van der Waals surface area contributed by atoms with Crippen molar-refractivity contribution in [2.45, 2.75) is 147 Å². The van der Waals surface area contributed by atoms with Gasteiger partial charge in [0.25, 0.3) is 0 Å². The SMILES string of the molecule is C/C=S(/CC1(NC(=O)N[C@H](C(=O)N2CC3C([C@H]2C(=O)NC([I-]CC)C(=O)C(=O)NC2CC2)C3(C)C)C(C)(C)C)CCCCC1)C(C)(C)C. The van der Waals surface area contributed by atoms with E-state index in [1.165, 1.54) is 0 Å². The summed E-state index contributed by atoms with van der Waals surface area (Å²) >= 11 is -0.809. The number of hydrogen-bond donors (Lipinski definition) is 4. The Kier molecular flexibility index (Phi) is 12.1. The minimum Gasteiger partial charge on any atom is -0.0531 e. The molecule has 0 bridgehead atoms. The number of urea groups is 1. The second-order valence-corrected chi connectivity index (χ2v) is 23.4. The predicted molar refractivity (Wildman–Crippen MR) is 190 cm³/mol. The first-order valence-electron chi connectivity index (χ1n) is 17.9. The summed E-state index contributed by atoms with van der Waals surface area (Å²) in [5.74, 6) is -0.927. The van der Waals surface area contributed by atoms with Gasteiger partial charge in [0.1, 0.15) is 0 Å². The number of alkyl halides is 2. The molecule has 3 aliphatic carbocycles. The van der Waals surface area contributed by atoms with Crippen molar-refractivity contribution >= 4 is 45.4 Å². The molecule has 1 saturated heterocycles. The third kappa shape index (κ3) is 8.96. The number of rotatable bonds is 12. The summed E-state index contributed by atoms with van der Waals surface area (Å²) < 4.78 is -0.0351. The van der Waals surface area contributed by atoms with Gasteiger partial charge in [0.05, 0.1) is 0 Å². The topological polar surface area (TPSA) is 137 Å². The number of nitrogens with one attached hydrogen (secondary N) is 4. The van der Waals surface area contributed by atoms with Gasteiger partial charge in [-0.1, -0.05) is 45.4 Å². The van der Waals surface area contributed by atoms with Crippen LogP contribution in [0.5, 0.6) is 0 Å². The molecule has 0 aromatic carbocycles. The summed E-state index contributed by atoms with van der Waals surface area (Å²) in [4.78, 5) is 69.9. The van der Waals surface area contributed by atoms with Crippen molar-refractivity contribution in [2.75, 3.05) is 16.7 Å². The number of amides is 5. The van der Waals surface area contributed by atoms with Crippen LogP contribution in [-0.2, 0) is 19.2 Å². The molecule has 48 heavy (non-hydrogen) atoms. The van der Waals surface area contributed by atoms with Crippen molar-refractivity contribution in [3.05, 3.63) is 0 Å². The van der Waals surface area contributed by atoms with Gasteiger partial charge in [0.15, 0.2) is 0 Å². The van der Waals surface area contributed by atoms with E-state index in [9.17, 15) is 24.0 Å². The molecule has 10 nitrogen and oxygen atoms in total. The molecule has 4 unspecified atom stereocenters. The first-order chi connectivity index (χ1) is 22.3. The van der Waals surface area contributed by atoms with Gasteiger partial charge < -0.3 is 0 Å². The standard InChI is InChI=1S/C36H61IN5O5S/c1-11-37-28(26(43)30(45)38-22-16-17-22)40-29(44)25-24-23(35(24,9)10)20-42(25)31(46)27(33(3,4)5)39-32(47)41-36(18-14-13-15-19-36)21-48(12-2)34(6,7)8/h12,22-25,27-28H,11,13-21H2,1-10H3,(H,38,45)(H,40,44)(H2,39,41,47)/q-1/t23?,24?,25-,27+,28?,48?/m0/s1. The zero-order chi connectivity index (χ0) is 35.8. The molecule has 6 atom stereocenters. The molecule has 5 amide bonds. The number of carbonyl (C=O) groups is 5. The Bertz CT molecular complexity index is 1290. The van der Waals surface area contributed by atoms with Crippen LogP contribution in [0, 0.1) is 22.7 Å². The molecule has 0 aromatic rings. The predicted octanol–water partition coefficient (Wildman–Crippen LogP) is 1.17. The molecule has 12 heteroatoms. The van der Waals surface area contributed by atoms with Gasteiger partial charge >= 0.3 is 235 Å². The molecule has 4 fully saturated rings. The summed E-state index contributed by atoms with van der Waals surface area (Å²) in [5, 5.41) is 14.4. The van der Waals surface area contributed by atoms with Gasteiger partial charge in [-0.15, -0.1) is 0 Å². The number of piperidine rings is 1. The summed E-state index contributed by atoms with van der Waals surface area (Å²) in [6.07, 6.45) is 6.83. The maximum atomic E-state index is 14.5. The molecular formula is C36H61IN5O5S-. The fourth-order valence-corrected chi connectivity index (χ4v) is 12.0. The van der Waals surface area contributed by atoms with E-state index >= 15 is 0 Å². The van der Waals surface area contributed by atoms with Crippen LogP contribution in [0.1, 0.15) is 114 Å². The fourth-order valence-electron chi connectivity index (χ4n) is 7.66. The van der Waals surface area contributed by atoms with E-state index < -0.39 is 54.4 Å². The van der Waals surface area contributed by atoms with Gasteiger partial charge in [-0.3, -0.25) is 0 Å². The van der Waals surface area contributed by atoms with E-state index in [1.54, 1.807) is 4.90 Å². The van der Waals surface area contributed by atoms with Crippen molar-refractivity contribution in [2.24, 2.45) is 22.7 Å². The average Bonchev–Trinajstić information content (AvgIpc) is 3.84. The quantitative estimate of drug-likeness (QED) is 0.0774. The zero-order valence-electron chi connectivity index (χ0n) is 30.9. The molecule has 1 heterocycles. The Hall–Kier alpha value is -1.70. The van der Waals surface area contributed by atoms with Crippen LogP contribution >= 0.6 is 10.5 Å². The number of Topliss-reactive ketones (excluding diaryl/α,β-unsaturated/α-hetero) is 1. The number of hydrogen-bond acceptors (Lipinski definition) is 5. The third-order valence-electron chi connectivity index (χ3n) is 10.8. The molecule has 4 rings (SSSR count). The minimum atomic E-state index is -0.863. The van der Waals surface area contributed by atoms with Gasteiger partial charge in [-0.05, 0) is 6.92 Å². The van der Waals surface area contributed by atoms with Gasteiger partial charge in [0, 0.05) is 4.75 Å². The van der Waals surface area contributed by atoms with Gasteiger partial charge in [-0.25, -0.2) is 0 Å². The number of halogens is 1. The molecule has 0 aromatic heterocycles. The van der Waals surface area contributed by atoms with Crippen LogP contribution in [0.3, 0.4) is 0 Å². The van der Waals surface area contributed by atoms with Crippen molar-refractivity contribution < 1.29 is 45.2 Å². The van der Waals surface area contributed by atoms with Crippen molar-refractivity contribution in [3.63, 3.8) is 0 Å². The molecule has 274 valence electrons. The molecule has 3 saturated carbocycles. The molecule has 0 radical (unpaired) electrons. The normalized spacial score (nSPS) is 26.5. The number of carbonyl (C=O) groups excluding carboxylic acids is 5. The second-order valence-electron chi connectivity index (χ2n) is 17.0. The smallest absolute Gasteiger partial charge is 0.0531 e.